The number of imidazole rings is 1. The molecule has 7 nitrogen and oxygen atoms in total. The first-order valence-corrected chi connectivity index (χ1v) is 8.47. The molecule has 134 valence electrons. The smallest absolute Gasteiger partial charge is 0.271 e. The molecule has 1 amide bonds. The summed E-state index contributed by atoms with van der Waals surface area (Å²) in [7, 11) is 0. The fourth-order valence-corrected chi connectivity index (χ4v) is 2.73. The molecule has 0 aliphatic rings. The molecule has 2 aromatic carbocycles. The van der Waals surface area contributed by atoms with E-state index in [9.17, 15) is 9.90 Å². The second kappa shape index (κ2) is 7.69. The Morgan fingerprint density at radius 2 is 2.08 bits per heavy atom. The van der Waals surface area contributed by atoms with Crippen molar-refractivity contribution in [3.8, 4) is 5.75 Å². The van der Waals surface area contributed by atoms with Gasteiger partial charge < -0.3 is 15.0 Å². The number of carbonyl (C=O) groups excluding carboxylic acids is 1. The molecule has 0 atom stereocenters. The third-order valence-electron chi connectivity index (χ3n) is 4.19. The molecule has 0 aliphatic carbocycles. The van der Waals surface area contributed by atoms with Crippen LogP contribution in [0.2, 0.25) is 0 Å². The second-order valence-electron chi connectivity index (χ2n) is 5.75. The third-order valence-corrected chi connectivity index (χ3v) is 4.19. The van der Waals surface area contributed by atoms with Crippen LogP contribution in [0, 0.1) is 0 Å². The van der Waals surface area contributed by atoms with Crippen LogP contribution in [0.15, 0.2) is 47.8 Å². The van der Waals surface area contributed by atoms with Gasteiger partial charge in [-0.15, -0.1) is 0 Å². The maximum absolute atomic E-state index is 12.2. The molecule has 1 heterocycles. The SMILES string of the molecule is CCN(CC)c1ccc(/C=N/NC(=O)c2ccc3nc[nH]c3c2)c(O)c1. The van der Waals surface area contributed by atoms with E-state index in [1.54, 1.807) is 36.7 Å². The fraction of sp³-hybridized carbons (Fsp3) is 0.211. The molecular weight excluding hydrogens is 330 g/mol. The molecule has 0 radical (unpaired) electrons. The number of carbonyl (C=O) groups is 1. The van der Waals surface area contributed by atoms with E-state index in [4.69, 9.17) is 0 Å². The Kier molecular flexibility index (Phi) is 5.17. The summed E-state index contributed by atoms with van der Waals surface area (Å²) in [5, 5.41) is 14.1. The van der Waals surface area contributed by atoms with Crippen LogP contribution in [0.25, 0.3) is 11.0 Å². The van der Waals surface area contributed by atoms with Crippen LogP contribution in [0.1, 0.15) is 29.8 Å². The number of amides is 1. The molecule has 0 saturated heterocycles. The number of nitrogens with zero attached hydrogens (tertiary/aromatic N) is 3. The van der Waals surface area contributed by atoms with Crippen molar-refractivity contribution < 1.29 is 9.90 Å². The Balaban J connectivity index is 1.68. The van der Waals surface area contributed by atoms with Gasteiger partial charge in [0.05, 0.1) is 23.6 Å². The highest BCUT2D eigenvalue weighted by molar-refractivity contribution is 5.97. The van der Waals surface area contributed by atoms with E-state index < -0.39 is 0 Å². The number of nitrogens with one attached hydrogen (secondary N) is 2. The Morgan fingerprint density at radius 1 is 1.27 bits per heavy atom. The molecule has 0 fully saturated rings. The summed E-state index contributed by atoms with van der Waals surface area (Å²) in [5.41, 5.74) is 5.99. The topological polar surface area (TPSA) is 93.6 Å². The van der Waals surface area contributed by atoms with E-state index in [1.165, 1.54) is 6.21 Å². The minimum absolute atomic E-state index is 0.117. The molecule has 3 N–H and O–H groups in total. The first-order valence-electron chi connectivity index (χ1n) is 8.47. The van der Waals surface area contributed by atoms with Gasteiger partial charge in [-0.1, -0.05) is 0 Å². The number of rotatable bonds is 6. The number of phenols is 1. The maximum atomic E-state index is 12.2. The zero-order chi connectivity index (χ0) is 18.5. The zero-order valence-corrected chi connectivity index (χ0v) is 14.7. The molecular formula is C19H21N5O2. The molecule has 1 aromatic heterocycles. The van der Waals surface area contributed by atoms with Gasteiger partial charge >= 0.3 is 0 Å². The Bertz CT molecular complexity index is 944. The first kappa shape index (κ1) is 17.5. The van der Waals surface area contributed by atoms with Crippen LogP contribution in [0.4, 0.5) is 5.69 Å². The third kappa shape index (κ3) is 3.66. The van der Waals surface area contributed by atoms with Crippen LogP contribution < -0.4 is 10.3 Å². The molecule has 0 saturated carbocycles. The minimum Gasteiger partial charge on any atom is -0.507 e. The number of hydrogen-bond donors (Lipinski definition) is 3. The molecule has 0 bridgehead atoms. The summed E-state index contributed by atoms with van der Waals surface area (Å²) < 4.78 is 0. The van der Waals surface area contributed by atoms with E-state index in [1.807, 2.05) is 6.07 Å². The average molecular weight is 351 g/mol. The van der Waals surface area contributed by atoms with Crippen LogP contribution in [-0.4, -0.2) is 40.3 Å². The lowest BCUT2D eigenvalue weighted by Crippen LogP contribution is -2.21. The van der Waals surface area contributed by atoms with Crippen molar-refractivity contribution in [2.45, 2.75) is 13.8 Å². The van der Waals surface area contributed by atoms with Crippen molar-refractivity contribution in [1.82, 2.24) is 15.4 Å². The van der Waals surface area contributed by atoms with Gasteiger partial charge in [0.25, 0.3) is 5.91 Å². The summed E-state index contributed by atoms with van der Waals surface area (Å²) in [6.07, 6.45) is 3.00. The molecule has 7 heteroatoms. The highest BCUT2D eigenvalue weighted by Gasteiger charge is 2.08. The maximum Gasteiger partial charge on any atom is 0.271 e. The van der Waals surface area contributed by atoms with Crippen LogP contribution >= 0.6 is 0 Å². The normalized spacial score (nSPS) is 11.2. The van der Waals surface area contributed by atoms with Crippen molar-refractivity contribution >= 4 is 28.8 Å². The average Bonchev–Trinajstić information content (AvgIpc) is 3.12. The van der Waals surface area contributed by atoms with Gasteiger partial charge in [0.1, 0.15) is 5.75 Å². The van der Waals surface area contributed by atoms with Gasteiger partial charge in [-0.05, 0) is 44.2 Å². The standard InChI is InChI=1S/C19H21N5O2/c1-3-24(4-2)15-7-5-14(18(25)10-15)11-22-23-19(26)13-6-8-16-17(9-13)21-12-20-16/h5-12,25H,3-4H2,1-2H3,(H,20,21)(H,23,26)/b22-11+. The van der Waals surface area contributed by atoms with Crippen molar-refractivity contribution in [1.29, 1.82) is 0 Å². The number of benzene rings is 2. The van der Waals surface area contributed by atoms with Crippen LogP contribution in [0.5, 0.6) is 5.75 Å². The summed E-state index contributed by atoms with van der Waals surface area (Å²) in [5.74, 6) is -0.219. The van der Waals surface area contributed by atoms with Crippen LogP contribution in [-0.2, 0) is 0 Å². The second-order valence-corrected chi connectivity index (χ2v) is 5.75. The number of fused-ring (bicyclic) bond motifs is 1. The minimum atomic E-state index is -0.336. The van der Waals surface area contributed by atoms with E-state index in [2.05, 4.69) is 39.2 Å². The molecule has 0 aliphatic heterocycles. The Hall–Kier alpha value is -3.35. The lowest BCUT2D eigenvalue weighted by molar-refractivity contribution is 0.0955. The largest absolute Gasteiger partial charge is 0.507 e. The summed E-state index contributed by atoms with van der Waals surface area (Å²) in [6.45, 7) is 5.85. The van der Waals surface area contributed by atoms with E-state index in [-0.39, 0.29) is 11.7 Å². The predicted octanol–water partition coefficient (Wildman–Crippen LogP) is 2.88. The first-order chi connectivity index (χ1) is 12.6. The molecule has 26 heavy (non-hydrogen) atoms. The predicted molar refractivity (Wildman–Crippen MR) is 103 cm³/mol. The number of hydrogen-bond acceptors (Lipinski definition) is 5. The Labute approximate surface area is 151 Å². The van der Waals surface area contributed by atoms with Gasteiger partial charge in [0.2, 0.25) is 0 Å². The number of anilines is 1. The fourth-order valence-electron chi connectivity index (χ4n) is 2.73. The number of aromatic amines is 1. The molecule has 3 rings (SSSR count). The van der Waals surface area contributed by atoms with Crippen molar-refractivity contribution in [3.63, 3.8) is 0 Å². The van der Waals surface area contributed by atoms with E-state index >= 15 is 0 Å². The van der Waals surface area contributed by atoms with Crippen LogP contribution in [0.3, 0.4) is 0 Å². The molecule has 3 aromatic rings. The molecule has 0 spiro atoms. The number of aromatic hydroxyl groups is 1. The van der Waals surface area contributed by atoms with Gasteiger partial charge in [-0.25, -0.2) is 10.4 Å². The zero-order valence-electron chi connectivity index (χ0n) is 14.7. The lowest BCUT2D eigenvalue weighted by atomic mass is 10.2. The summed E-state index contributed by atoms with van der Waals surface area (Å²) in [6, 6.07) is 10.6. The monoisotopic (exact) mass is 351 g/mol. The van der Waals surface area contributed by atoms with Gasteiger partial charge in [-0.3, -0.25) is 4.79 Å². The quantitative estimate of drug-likeness (QED) is 0.470. The summed E-state index contributed by atoms with van der Waals surface area (Å²) >= 11 is 0. The number of hydrazone groups is 1. The Morgan fingerprint density at radius 3 is 2.81 bits per heavy atom. The highest BCUT2D eigenvalue weighted by Crippen LogP contribution is 2.23. The van der Waals surface area contributed by atoms with Gasteiger partial charge in [-0.2, -0.15) is 5.10 Å². The lowest BCUT2D eigenvalue weighted by Gasteiger charge is -2.21. The summed E-state index contributed by atoms with van der Waals surface area (Å²) in [4.78, 5) is 21.4. The van der Waals surface area contributed by atoms with Gasteiger partial charge in [0, 0.05) is 36.0 Å². The van der Waals surface area contributed by atoms with E-state index in [0.29, 0.717) is 11.1 Å². The van der Waals surface area contributed by atoms with Crippen molar-refractivity contribution in [3.05, 3.63) is 53.9 Å². The molecule has 0 unspecified atom stereocenters. The highest BCUT2D eigenvalue weighted by atomic mass is 16.3. The number of phenolic OH excluding ortho intramolecular Hbond substituents is 1. The van der Waals surface area contributed by atoms with E-state index in [0.717, 1.165) is 29.8 Å². The van der Waals surface area contributed by atoms with Gasteiger partial charge in [0.15, 0.2) is 0 Å². The number of aromatic nitrogens is 2. The number of H-pyrrole nitrogens is 1. The van der Waals surface area contributed by atoms with Crippen molar-refractivity contribution in [2.75, 3.05) is 18.0 Å². The van der Waals surface area contributed by atoms with Crippen molar-refractivity contribution in [2.24, 2.45) is 5.10 Å².